The van der Waals surface area contributed by atoms with Crippen molar-refractivity contribution in [1.82, 2.24) is 0 Å². The molecule has 0 aliphatic rings. The van der Waals surface area contributed by atoms with E-state index in [-0.39, 0.29) is 13.2 Å². The summed E-state index contributed by atoms with van der Waals surface area (Å²) in [5, 5.41) is 8.45. The molecular formula is C7H17O3P. The molecule has 11 heavy (non-hydrogen) atoms. The Kier molecular flexibility index (Phi) is 5.83. The van der Waals surface area contributed by atoms with E-state index in [0.29, 0.717) is 12.3 Å². The molecule has 3 nitrogen and oxygen atoms in total. The first-order valence-corrected chi connectivity index (χ1v) is 6.01. The van der Waals surface area contributed by atoms with E-state index in [9.17, 15) is 4.57 Å². The molecule has 0 rings (SSSR count). The van der Waals surface area contributed by atoms with Gasteiger partial charge in [0.2, 0.25) is 7.37 Å². The van der Waals surface area contributed by atoms with Gasteiger partial charge in [-0.05, 0) is 6.42 Å². The summed E-state index contributed by atoms with van der Waals surface area (Å²) in [5.41, 5.74) is 0. The van der Waals surface area contributed by atoms with Crippen molar-refractivity contribution in [3.8, 4) is 0 Å². The average molecular weight is 180 g/mol. The van der Waals surface area contributed by atoms with Crippen LogP contribution in [0, 0.1) is 0 Å². The van der Waals surface area contributed by atoms with E-state index in [0.717, 1.165) is 6.42 Å². The van der Waals surface area contributed by atoms with Gasteiger partial charge in [-0.25, -0.2) is 0 Å². The van der Waals surface area contributed by atoms with Crippen molar-refractivity contribution in [2.75, 3.05) is 25.5 Å². The normalized spacial score (nSPS) is 16.3. The maximum Gasteiger partial charge on any atom is 0.202 e. The molecule has 1 unspecified atom stereocenters. The molecule has 0 saturated carbocycles. The minimum atomic E-state index is -2.38. The lowest BCUT2D eigenvalue weighted by Gasteiger charge is -2.14. The molecule has 0 amide bonds. The second kappa shape index (κ2) is 5.76. The van der Waals surface area contributed by atoms with Gasteiger partial charge in [-0.3, -0.25) is 4.57 Å². The summed E-state index contributed by atoms with van der Waals surface area (Å²) in [5.74, 6) is 0. The highest BCUT2D eigenvalue weighted by Gasteiger charge is 2.18. The van der Waals surface area contributed by atoms with Gasteiger partial charge in [-0.2, -0.15) is 0 Å². The van der Waals surface area contributed by atoms with Crippen molar-refractivity contribution in [3.05, 3.63) is 0 Å². The number of hydrogen-bond donors (Lipinski definition) is 1. The molecule has 0 radical (unpaired) electrons. The van der Waals surface area contributed by atoms with Crippen LogP contribution in [0.4, 0.5) is 0 Å². The molecule has 0 aromatic heterocycles. The Bertz CT molecular complexity index is 136. The summed E-state index contributed by atoms with van der Waals surface area (Å²) in [4.78, 5) is 0. The van der Waals surface area contributed by atoms with Gasteiger partial charge >= 0.3 is 0 Å². The molecule has 0 fully saturated rings. The first-order valence-electron chi connectivity index (χ1n) is 4.02. The topological polar surface area (TPSA) is 46.5 Å². The fourth-order valence-electron chi connectivity index (χ4n) is 0.862. The van der Waals surface area contributed by atoms with Crippen molar-refractivity contribution in [1.29, 1.82) is 0 Å². The van der Waals surface area contributed by atoms with E-state index in [2.05, 4.69) is 0 Å². The summed E-state index contributed by atoms with van der Waals surface area (Å²) in [6.07, 6.45) is 2.07. The van der Waals surface area contributed by atoms with Gasteiger partial charge in [0, 0.05) is 12.3 Å². The average Bonchev–Trinajstić information content (AvgIpc) is 2.02. The van der Waals surface area contributed by atoms with Gasteiger partial charge in [0.05, 0.1) is 13.2 Å². The summed E-state index contributed by atoms with van der Waals surface area (Å²) in [6, 6.07) is 0. The van der Waals surface area contributed by atoms with Crippen molar-refractivity contribution < 1.29 is 14.2 Å². The maximum absolute atomic E-state index is 11.6. The summed E-state index contributed by atoms with van der Waals surface area (Å²) in [6.45, 7) is 3.98. The van der Waals surface area contributed by atoms with Crippen molar-refractivity contribution in [2.45, 2.75) is 20.3 Å². The second-order valence-electron chi connectivity index (χ2n) is 2.41. The van der Waals surface area contributed by atoms with E-state index in [1.165, 1.54) is 0 Å². The molecule has 68 valence electrons. The Morgan fingerprint density at radius 2 is 2.09 bits per heavy atom. The lowest BCUT2D eigenvalue weighted by molar-refractivity contribution is 0.202. The molecule has 0 aliphatic heterocycles. The van der Waals surface area contributed by atoms with Crippen molar-refractivity contribution in [2.24, 2.45) is 0 Å². The summed E-state index contributed by atoms with van der Waals surface area (Å²) >= 11 is 0. The van der Waals surface area contributed by atoms with Gasteiger partial charge in [0.1, 0.15) is 0 Å². The molecule has 0 saturated heterocycles. The molecule has 4 heteroatoms. The fraction of sp³-hybridized carbons (Fsp3) is 1.00. The first-order chi connectivity index (χ1) is 5.18. The third kappa shape index (κ3) is 4.57. The van der Waals surface area contributed by atoms with Crippen LogP contribution >= 0.6 is 7.37 Å². The highest BCUT2D eigenvalue weighted by molar-refractivity contribution is 7.58. The summed E-state index contributed by atoms with van der Waals surface area (Å²) < 4.78 is 16.7. The number of aliphatic hydroxyl groups excluding tert-OH is 1. The molecule has 0 spiro atoms. The molecular weight excluding hydrogens is 163 g/mol. The van der Waals surface area contributed by atoms with Gasteiger partial charge in [0.25, 0.3) is 0 Å². The van der Waals surface area contributed by atoms with Crippen LogP contribution in [0.2, 0.25) is 0 Å². The Balaban J connectivity index is 3.79. The third-order valence-electron chi connectivity index (χ3n) is 1.46. The van der Waals surface area contributed by atoms with Crippen LogP contribution in [0.1, 0.15) is 20.3 Å². The van der Waals surface area contributed by atoms with Crippen LogP contribution in [-0.4, -0.2) is 30.6 Å². The predicted molar refractivity (Wildman–Crippen MR) is 46.3 cm³/mol. The SMILES string of the molecule is CCCP(=O)(CC)OCCO. The molecule has 0 aliphatic carbocycles. The zero-order valence-corrected chi connectivity index (χ0v) is 8.14. The summed E-state index contributed by atoms with van der Waals surface area (Å²) in [7, 11) is -2.38. The van der Waals surface area contributed by atoms with Gasteiger partial charge in [-0.15, -0.1) is 0 Å². The van der Waals surface area contributed by atoms with Gasteiger partial charge in [0.15, 0.2) is 0 Å². The Hall–Kier alpha value is 0.150. The standard InChI is InChI=1S/C7H17O3P/c1-3-7-11(9,4-2)10-6-5-8/h8H,3-7H2,1-2H3. The van der Waals surface area contributed by atoms with Crippen LogP contribution in [0.3, 0.4) is 0 Å². The van der Waals surface area contributed by atoms with E-state index in [4.69, 9.17) is 9.63 Å². The third-order valence-corrected chi connectivity index (χ3v) is 4.21. The fourth-order valence-corrected chi connectivity index (χ4v) is 2.59. The molecule has 0 heterocycles. The largest absolute Gasteiger partial charge is 0.394 e. The lowest BCUT2D eigenvalue weighted by Crippen LogP contribution is -2.01. The number of aliphatic hydroxyl groups is 1. The molecule has 0 bridgehead atoms. The van der Waals surface area contributed by atoms with E-state index in [1.807, 2.05) is 13.8 Å². The van der Waals surface area contributed by atoms with Crippen LogP contribution < -0.4 is 0 Å². The zero-order valence-electron chi connectivity index (χ0n) is 7.25. The monoisotopic (exact) mass is 180 g/mol. The second-order valence-corrected chi connectivity index (χ2v) is 5.38. The Labute approximate surface area is 68.2 Å². The van der Waals surface area contributed by atoms with E-state index < -0.39 is 7.37 Å². The Morgan fingerprint density at radius 3 is 2.45 bits per heavy atom. The highest BCUT2D eigenvalue weighted by Crippen LogP contribution is 2.46. The van der Waals surface area contributed by atoms with Crippen molar-refractivity contribution >= 4 is 7.37 Å². The van der Waals surface area contributed by atoms with E-state index in [1.54, 1.807) is 0 Å². The maximum atomic E-state index is 11.6. The molecule has 1 N–H and O–H groups in total. The minimum absolute atomic E-state index is 0.0479. The quantitative estimate of drug-likeness (QED) is 0.633. The van der Waals surface area contributed by atoms with Crippen LogP contribution in [0.5, 0.6) is 0 Å². The first kappa shape index (κ1) is 11.2. The highest BCUT2D eigenvalue weighted by atomic mass is 31.2. The van der Waals surface area contributed by atoms with Gasteiger partial charge < -0.3 is 9.63 Å². The number of rotatable bonds is 6. The number of hydrogen-bond acceptors (Lipinski definition) is 3. The van der Waals surface area contributed by atoms with Crippen LogP contribution in [-0.2, 0) is 9.09 Å². The smallest absolute Gasteiger partial charge is 0.202 e. The van der Waals surface area contributed by atoms with Crippen LogP contribution in [0.25, 0.3) is 0 Å². The minimum Gasteiger partial charge on any atom is -0.394 e. The van der Waals surface area contributed by atoms with Crippen molar-refractivity contribution in [3.63, 3.8) is 0 Å². The van der Waals surface area contributed by atoms with Crippen LogP contribution in [0.15, 0.2) is 0 Å². The molecule has 1 atom stereocenters. The lowest BCUT2D eigenvalue weighted by atomic mass is 10.6. The zero-order chi connectivity index (χ0) is 8.74. The van der Waals surface area contributed by atoms with E-state index >= 15 is 0 Å². The Morgan fingerprint density at radius 1 is 1.45 bits per heavy atom. The van der Waals surface area contributed by atoms with Gasteiger partial charge in [-0.1, -0.05) is 13.8 Å². The molecule has 0 aromatic rings. The molecule has 0 aromatic carbocycles. The predicted octanol–water partition coefficient (Wildman–Crippen LogP) is 1.70.